The molecule has 0 aromatic heterocycles. The SMILES string of the molecule is O=C1Cc2ccccc2C(=O)N1c1ccc(I)cc1. The van der Waals surface area contributed by atoms with Crippen molar-refractivity contribution in [2.24, 2.45) is 0 Å². The summed E-state index contributed by atoms with van der Waals surface area (Å²) >= 11 is 2.19. The highest BCUT2D eigenvalue weighted by Gasteiger charge is 2.31. The Hall–Kier alpha value is -1.69. The number of anilines is 1. The summed E-state index contributed by atoms with van der Waals surface area (Å²) in [6.07, 6.45) is 0.272. The summed E-state index contributed by atoms with van der Waals surface area (Å²) in [5.74, 6) is -0.419. The fraction of sp³-hybridized carbons (Fsp3) is 0.0667. The first-order valence-electron chi connectivity index (χ1n) is 5.87. The molecule has 0 fully saturated rings. The van der Waals surface area contributed by atoms with Crippen LogP contribution in [0.5, 0.6) is 0 Å². The molecule has 1 heterocycles. The van der Waals surface area contributed by atoms with Crippen LogP contribution in [0, 0.1) is 3.57 Å². The zero-order valence-corrected chi connectivity index (χ0v) is 12.1. The van der Waals surface area contributed by atoms with Crippen molar-refractivity contribution < 1.29 is 9.59 Å². The van der Waals surface area contributed by atoms with Gasteiger partial charge in [0.15, 0.2) is 0 Å². The van der Waals surface area contributed by atoms with E-state index >= 15 is 0 Å². The Labute approximate surface area is 124 Å². The fourth-order valence-corrected chi connectivity index (χ4v) is 2.57. The summed E-state index contributed by atoms with van der Waals surface area (Å²) in [6, 6.07) is 14.6. The van der Waals surface area contributed by atoms with E-state index < -0.39 is 0 Å². The maximum Gasteiger partial charge on any atom is 0.265 e. The maximum absolute atomic E-state index is 12.4. The van der Waals surface area contributed by atoms with Gasteiger partial charge in [0.25, 0.3) is 5.91 Å². The van der Waals surface area contributed by atoms with E-state index in [9.17, 15) is 9.59 Å². The van der Waals surface area contributed by atoms with E-state index in [1.807, 2.05) is 30.3 Å². The van der Waals surface area contributed by atoms with Crippen LogP contribution >= 0.6 is 22.6 Å². The van der Waals surface area contributed by atoms with Gasteiger partial charge in [-0.25, -0.2) is 4.90 Å². The van der Waals surface area contributed by atoms with E-state index in [2.05, 4.69) is 22.6 Å². The van der Waals surface area contributed by atoms with Gasteiger partial charge in [-0.3, -0.25) is 9.59 Å². The molecule has 94 valence electrons. The lowest BCUT2D eigenvalue weighted by atomic mass is 9.98. The molecule has 0 aliphatic carbocycles. The molecule has 3 nitrogen and oxygen atoms in total. The topological polar surface area (TPSA) is 37.4 Å². The van der Waals surface area contributed by atoms with Crippen LogP contribution in [0.2, 0.25) is 0 Å². The van der Waals surface area contributed by atoms with Gasteiger partial charge < -0.3 is 0 Å². The molecule has 0 unspecified atom stereocenters. The van der Waals surface area contributed by atoms with Crippen LogP contribution in [0.15, 0.2) is 48.5 Å². The van der Waals surface area contributed by atoms with E-state index in [-0.39, 0.29) is 18.2 Å². The van der Waals surface area contributed by atoms with Crippen LogP contribution in [-0.2, 0) is 11.2 Å². The number of rotatable bonds is 1. The molecule has 0 radical (unpaired) electrons. The Bertz CT molecular complexity index is 664. The minimum absolute atomic E-state index is 0.176. The first kappa shape index (κ1) is 12.3. The highest BCUT2D eigenvalue weighted by atomic mass is 127. The second kappa shape index (κ2) is 4.77. The van der Waals surface area contributed by atoms with E-state index in [1.54, 1.807) is 18.2 Å². The number of benzene rings is 2. The fourth-order valence-electron chi connectivity index (χ4n) is 2.21. The van der Waals surface area contributed by atoms with E-state index in [0.717, 1.165) is 9.13 Å². The van der Waals surface area contributed by atoms with Crippen molar-refractivity contribution in [2.75, 3.05) is 4.90 Å². The van der Waals surface area contributed by atoms with Crippen LogP contribution in [0.3, 0.4) is 0 Å². The van der Waals surface area contributed by atoms with Gasteiger partial charge >= 0.3 is 0 Å². The third-order valence-electron chi connectivity index (χ3n) is 3.13. The zero-order valence-electron chi connectivity index (χ0n) is 9.97. The lowest BCUT2D eigenvalue weighted by Gasteiger charge is -2.26. The Morgan fingerprint density at radius 1 is 0.947 bits per heavy atom. The number of amides is 2. The van der Waals surface area contributed by atoms with Crippen LogP contribution < -0.4 is 4.90 Å². The summed E-state index contributed by atoms with van der Waals surface area (Å²) in [5, 5.41) is 0. The monoisotopic (exact) mass is 363 g/mol. The molecule has 2 amide bonds. The summed E-state index contributed by atoms with van der Waals surface area (Å²) in [6.45, 7) is 0. The molecule has 2 aromatic rings. The third kappa shape index (κ3) is 2.16. The molecule has 0 N–H and O–H groups in total. The van der Waals surface area contributed by atoms with Crippen molar-refractivity contribution in [1.29, 1.82) is 0 Å². The number of hydrogen-bond acceptors (Lipinski definition) is 2. The van der Waals surface area contributed by atoms with Crippen molar-refractivity contribution in [3.05, 3.63) is 63.2 Å². The number of nitrogens with zero attached hydrogens (tertiary/aromatic N) is 1. The predicted molar refractivity (Wildman–Crippen MR) is 81.1 cm³/mol. The molecule has 0 saturated carbocycles. The first-order valence-corrected chi connectivity index (χ1v) is 6.95. The molecule has 4 heteroatoms. The number of carbonyl (C=O) groups is 2. The Kier molecular flexibility index (Phi) is 3.10. The molecule has 0 bridgehead atoms. The minimum Gasteiger partial charge on any atom is -0.274 e. The molecule has 1 aliphatic heterocycles. The lowest BCUT2D eigenvalue weighted by Crippen LogP contribution is -2.42. The Morgan fingerprint density at radius 2 is 1.63 bits per heavy atom. The van der Waals surface area contributed by atoms with Crippen LogP contribution in [0.25, 0.3) is 0 Å². The second-order valence-electron chi connectivity index (χ2n) is 4.34. The van der Waals surface area contributed by atoms with Crippen LogP contribution in [0.4, 0.5) is 5.69 Å². The average molecular weight is 363 g/mol. The van der Waals surface area contributed by atoms with Gasteiger partial charge in [-0.2, -0.15) is 0 Å². The Morgan fingerprint density at radius 3 is 2.37 bits per heavy atom. The predicted octanol–water partition coefficient (Wildman–Crippen LogP) is 3.02. The Balaban J connectivity index is 2.06. The van der Waals surface area contributed by atoms with Gasteiger partial charge in [0, 0.05) is 9.13 Å². The van der Waals surface area contributed by atoms with Crippen molar-refractivity contribution in [3.8, 4) is 0 Å². The molecular formula is C15H10INO2. The first-order chi connectivity index (χ1) is 9.16. The molecule has 0 saturated heterocycles. The quantitative estimate of drug-likeness (QED) is 0.577. The van der Waals surface area contributed by atoms with E-state index in [4.69, 9.17) is 0 Å². The van der Waals surface area contributed by atoms with Gasteiger partial charge in [-0.1, -0.05) is 18.2 Å². The van der Waals surface area contributed by atoms with Crippen molar-refractivity contribution in [2.45, 2.75) is 6.42 Å². The van der Waals surface area contributed by atoms with Crippen molar-refractivity contribution in [3.63, 3.8) is 0 Å². The number of imide groups is 1. The number of hydrogen-bond donors (Lipinski definition) is 0. The normalized spacial score (nSPS) is 14.5. The van der Waals surface area contributed by atoms with Crippen molar-refractivity contribution in [1.82, 2.24) is 0 Å². The molecule has 0 atom stereocenters. The molecule has 19 heavy (non-hydrogen) atoms. The number of halogens is 1. The molecule has 2 aromatic carbocycles. The molecule has 3 rings (SSSR count). The standard InChI is InChI=1S/C15H10INO2/c16-11-5-7-12(8-6-11)17-14(18)9-10-3-1-2-4-13(10)15(17)19/h1-8H,9H2. The summed E-state index contributed by atoms with van der Waals surface area (Å²) < 4.78 is 1.07. The molecule has 0 spiro atoms. The number of fused-ring (bicyclic) bond motifs is 1. The van der Waals surface area contributed by atoms with Gasteiger partial charge in [0.1, 0.15) is 0 Å². The van der Waals surface area contributed by atoms with Gasteiger partial charge in [-0.15, -0.1) is 0 Å². The third-order valence-corrected chi connectivity index (χ3v) is 3.85. The molecular weight excluding hydrogens is 353 g/mol. The minimum atomic E-state index is -0.243. The van der Waals surface area contributed by atoms with E-state index in [0.29, 0.717) is 11.3 Å². The van der Waals surface area contributed by atoms with Crippen LogP contribution in [-0.4, -0.2) is 11.8 Å². The summed E-state index contributed by atoms with van der Waals surface area (Å²) in [4.78, 5) is 25.8. The highest BCUT2D eigenvalue weighted by Crippen LogP contribution is 2.25. The average Bonchev–Trinajstić information content (AvgIpc) is 2.41. The zero-order chi connectivity index (χ0) is 13.4. The summed E-state index contributed by atoms with van der Waals surface area (Å²) in [7, 11) is 0. The maximum atomic E-state index is 12.4. The largest absolute Gasteiger partial charge is 0.274 e. The number of carbonyl (C=O) groups excluding carboxylic acids is 2. The van der Waals surface area contributed by atoms with Gasteiger partial charge in [0.05, 0.1) is 12.1 Å². The van der Waals surface area contributed by atoms with Gasteiger partial charge in [-0.05, 0) is 58.5 Å². The lowest BCUT2D eigenvalue weighted by molar-refractivity contribution is -0.117. The molecule has 1 aliphatic rings. The van der Waals surface area contributed by atoms with E-state index in [1.165, 1.54) is 4.90 Å². The van der Waals surface area contributed by atoms with Gasteiger partial charge in [0.2, 0.25) is 5.91 Å². The summed E-state index contributed by atoms with van der Waals surface area (Å²) in [5.41, 5.74) is 2.05. The van der Waals surface area contributed by atoms with Crippen molar-refractivity contribution >= 4 is 40.1 Å². The second-order valence-corrected chi connectivity index (χ2v) is 5.59. The highest BCUT2D eigenvalue weighted by molar-refractivity contribution is 14.1. The van der Waals surface area contributed by atoms with Crippen LogP contribution in [0.1, 0.15) is 15.9 Å². The smallest absolute Gasteiger partial charge is 0.265 e.